The molecule has 0 radical (unpaired) electrons. The van der Waals surface area contributed by atoms with Crippen molar-refractivity contribution in [2.45, 2.75) is 26.7 Å². The van der Waals surface area contributed by atoms with Gasteiger partial charge in [0.15, 0.2) is 0 Å². The van der Waals surface area contributed by atoms with Gasteiger partial charge in [0.1, 0.15) is 0 Å². The van der Waals surface area contributed by atoms with E-state index < -0.39 is 0 Å². The van der Waals surface area contributed by atoms with Gasteiger partial charge in [-0.05, 0) is 25.0 Å². The van der Waals surface area contributed by atoms with Gasteiger partial charge in [0, 0.05) is 11.1 Å². The standard InChI is InChI=1S/C22H18N2.C2H6/c1-2-5-11-17(12-6-3-1)21-22(18-13-7-4-8-14-18)24-20-16-10-9-15-19(20)23-21;1-2/h2,4-16H,1,3H2;1-2H3/b5-2-,12-6-,17-11+;. The highest BCUT2D eigenvalue weighted by atomic mass is 14.8. The molecule has 1 aliphatic carbocycles. The van der Waals surface area contributed by atoms with Gasteiger partial charge in [-0.15, -0.1) is 0 Å². The van der Waals surface area contributed by atoms with Crippen molar-refractivity contribution < 1.29 is 0 Å². The summed E-state index contributed by atoms with van der Waals surface area (Å²) in [6, 6.07) is 18.3. The van der Waals surface area contributed by atoms with E-state index >= 15 is 0 Å². The molecule has 0 bridgehead atoms. The summed E-state index contributed by atoms with van der Waals surface area (Å²) in [6.45, 7) is 4.00. The number of fused-ring (bicyclic) bond motifs is 1. The van der Waals surface area contributed by atoms with E-state index in [0.717, 1.165) is 46.4 Å². The number of rotatable bonds is 2. The monoisotopic (exact) mass is 340 g/mol. The van der Waals surface area contributed by atoms with Crippen LogP contribution in [0.5, 0.6) is 0 Å². The number of para-hydroxylation sites is 2. The molecular formula is C24H24N2. The van der Waals surface area contributed by atoms with Gasteiger partial charge in [0.2, 0.25) is 0 Å². The zero-order valence-electron chi connectivity index (χ0n) is 15.4. The second kappa shape index (κ2) is 8.91. The summed E-state index contributed by atoms with van der Waals surface area (Å²) in [5.74, 6) is 0. The molecule has 0 aliphatic heterocycles. The lowest BCUT2D eigenvalue weighted by Crippen LogP contribution is -1.98. The van der Waals surface area contributed by atoms with Gasteiger partial charge >= 0.3 is 0 Å². The molecular weight excluding hydrogens is 316 g/mol. The molecule has 0 saturated heterocycles. The van der Waals surface area contributed by atoms with Crippen LogP contribution in [0.15, 0.2) is 85.0 Å². The fraction of sp³-hybridized carbons (Fsp3) is 0.167. The van der Waals surface area contributed by atoms with Gasteiger partial charge in [-0.25, -0.2) is 9.97 Å². The van der Waals surface area contributed by atoms with Gasteiger partial charge in [-0.3, -0.25) is 0 Å². The molecule has 0 unspecified atom stereocenters. The van der Waals surface area contributed by atoms with E-state index in [9.17, 15) is 0 Å². The lowest BCUT2D eigenvalue weighted by molar-refractivity contribution is 1.05. The molecule has 0 N–H and O–H groups in total. The fourth-order valence-electron chi connectivity index (χ4n) is 2.88. The first-order valence-electron chi connectivity index (χ1n) is 9.28. The number of benzene rings is 2. The SMILES string of the molecule is C1=C/CC\C=C/C(c2nc3ccccc3nc2-c2ccccc2)=C\1.CC. The van der Waals surface area contributed by atoms with Gasteiger partial charge in [0.25, 0.3) is 0 Å². The summed E-state index contributed by atoms with van der Waals surface area (Å²) in [5.41, 5.74) is 5.90. The maximum Gasteiger partial charge on any atom is 0.0973 e. The van der Waals surface area contributed by atoms with E-state index in [4.69, 9.17) is 9.97 Å². The van der Waals surface area contributed by atoms with Crippen molar-refractivity contribution in [3.05, 3.63) is 90.7 Å². The molecule has 0 atom stereocenters. The first kappa shape index (κ1) is 17.8. The van der Waals surface area contributed by atoms with Crippen molar-refractivity contribution in [1.82, 2.24) is 9.97 Å². The third-order valence-electron chi connectivity index (χ3n) is 4.10. The Kier molecular flexibility index (Phi) is 6.10. The molecule has 0 fully saturated rings. The Balaban J connectivity index is 0.000000948. The maximum atomic E-state index is 4.93. The number of aromatic nitrogens is 2. The minimum atomic E-state index is 0.922. The Labute approximate surface area is 155 Å². The molecule has 0 saturated carbocycles. The van der Waals surface area contributed by atoms with E-state index in [2.05, 4.69) is 42.5 Å². The lowest BCUT2D eigenvalue weighted by Gasteiger charge is -2.11. The molecule has 2 nitrogen and oxygen atoms in total. The zero-order chi connectivity index (χ0) is 18.2. The van der Waals surface area contributed by atoms with Crippen LogP contribution in [0.25, 0.3) is 27.9 Å². The second-order valence-electron chi connectivity index (χ2n) is 5.81. The summed E-state index contributed by atoms with van der Waals surface area (Å²) >= 11 is 0. The van der Waals surface area contributed by atoms with Crippen molar-refractivity contribution in [3.8, 4) is 11.3 Å². The number of hydrogen-bond donors (Lipinski definition) is 0. The lowest BCUT2D eigenvalue weighted by atomic mass is 10.0. The topological polar surface area (TPSA) is 25.8 Å². The van der Waals surface area contributed by atoms with Crippen LogP contribution in [-0.4, -0.2) is 9.97 Å². The first-order chi connectivity index (χ1) is 12.9. The highest BCUT2D eigenvalue weighted by Crippen LogP contribution is 2.29. The predicted octanol–water partition coefficient (Wildman–Crippen LogP) is 6.61. The molecule has 1 aromatic heterocycles. The molecule has 2 heteroatoms. The van der Waals surface area contributed by atoms with Gasteiger partial charge in [-0.1, -0.05) is 86.7 Å². The molecule has 2 aromatic carbocycles. The molecule has 3 aromatic rings. The van der Waals surface area contributed by atoms with Crippen LogP contribution in [0.1, 0.15) is 32.4 Å². The van der Waals surface area contributed by atoms with Crippen LogP contribution < -0.4 is 0 Å². The second-order valence-corrected chi connectivity index (χ2v) is 5.81. The molecule has 0 amide bonds. The van der Waals surface area contributed by atoms with Crippen LogP contribution in [0.4, 0.5) is 0 Å². The van der Waals surface area contributed by atoms with E-state index in [-0.39, 0.29) is 0 Å². The van der Waals surface area contributed by atoms with E-state index in [0.29, 0.717) is 0 Å². The largest absolute Gasteiger partial charge is 0.244 e. The van der Waals surface area contributed by atoms with Crippen molar-refractivity contribution in [1.29, 1.82) is 0 Å². The fourth-order valence-corrected chi connectivity index (χ4v) is 2.88. The quantitative estimate of drug-likeness (QED) is 0.524. The summed E-state index contributed by atoms with van der Waals surface area (Å²) in [6.07, 6.45) is 12.9. The number of allylic oxidation sites excluding steroid dienone is 6. The molecule has 4 rings (SSSR count). The normalized spacial score (nSPS) is 17.8. The Morgan fingerprint density at radius 3 is 2.04 bits per heavy atom. The minimum absolute atomic E-state index is 0.922. The first-order valence-corrected chi connectivity index (χ1v) is 9.28. The smallest absolute Gasteiger partial charge is 0.0973 e. The molecule has 130 valence electrons. The minimum Gasteiger partial charge on any atom is -0.244 e. The molecule has 1 aliphatic rings. The van der Waals surface area contributed by atoms with Gasteiger partial charge in [0.05, 0.1) is 22.4 Å². The molecule has 26 heavy (non-hydrogen) atoms. The van der Waals surface area contributed by atoms with Crippen molar-refractivity contribution in [2.24, 2.45) is 0 Å². The third kappa shape index (κ3) is 3.97. The maximum absolute atomic E-state index is 4.93. The van der Waals surface area contributed by atoms with E-state index in [1.54, 1.807) is 0 Å². The molecule has 0 spiro atoms. The zero-order valence-corrected chi connectivity index (χ0v) is 15.4. The summed E-state index contributed by atoms with van der Waals surface area (Å²) < 4.78 is 0. The summed E-state index contributed by atoms with van der Waals surface area (Å²) in [4.78, 5) is 9.84. The number of hydrogen-bond acceptors (Lipinski definition) is 2. The molecule has 1 heterocycles. The number of nitrogens with zero attached hydrogens (tertiary/aromatic N) is 2. The van der Waals surface area contributed by atoms with Crippen LogP contribution in [0.3, 0.4) is 0 Å². The van der Waals surface area contributed by atoms with E-state index in [1.165, 1.54) is 0 Å². The highest BCUT2D eigenvalue weighted by molar-refractivity contribution is 5.87. The Morgan fingerprint density at radius 2 is 1.31 bits per heavy atom. The highest BCUT2D eigenvalue weighted by Gasteiger charge is 2.13. The van der Waals surface area contributed by atoms with Crippen molar-refractivity contribution >= 4 is 16.6 Å². The average molecular weight is 340 g/mol. The van der Waals surface area contributed by atoms with Crippen LogP contribution in [0, 0.1) is 0 Å². The average Bonchev–Trinajstić information content (AvgIpc) is 2.69. The summed E-state index contributed by atoms with van der Waals surface area (Å²) in [7, 11) is 0. The Hall–Kier alpha value is -3.00. The van der Waals surface area contributed by atoms with Crippen LogP contribution >= 0.6 is 0 Å². The van der Waals surface area contributed by atoms with Crippen LogP contribution in [0.2, 0.25) is 0 Å². The predicted molar refractivity (Wildman–Crippen MR) is 112 cm³/mol. The van der Waals surface area contributed by atoms with E-state index in [1.807, 2.05) is 56.3 Å². The Morgan fingerprint density at radius 1 is 0.692 bits per heavy atom. The van der Waals surface area contributed by atoms with Gasteiger partial charge in [-0.2, -0.15) is 0 Å². The van der Waals surface area contributed by atoms with Crippen LogP contribution in [-0.2, 0) is 0 Å². The Bertz CT molecular complexity index is 950. The third-order valence-corrected chi connectivity index (χ3v) is 4.10. The van der Waals surface area contributed by atoms with Crippen molar-refractivity contribution in [3.63, 3.8) is 0 Å². The van der Waals surface area contributed by atoms with Gasteiger partial charge < -0.3 is 0 Å². The summed E-state index contributed by atoms with van der Waals surface area (Å²) in [5, 5.41) is 0. The van der Waals surface area contributed by atoms with Crippen molar-refractivity contribution in [2.75, 3.05) is 0 Å².